The molecule has 1 amide bonds. The van der Waals surface area contributed by atoms with E-state index in [0.29, 0.717) is 28.5 Å². The van der Waals surface area contributed by atoms with Gasteiger partial charge in [-0.1, -0.05) is 54.1 Å². The molecule has 1 N–H and O–H groups in total. The number of carbonyl (C=O) groups excluding carboxylic acids is 2. The van der Waals surface area contributed by atoms with Crippen molar-refractivity contribution < 1.29 is 14.3 Å². The summed E-state index contributed by atoms with van der Waals surface area (Å²) in [5.41, 5.74) is 1.55. The first kappa shape index (κ1) is 21.8. The topological polar surface area (TPSA) is 79.2 Å². The zero-order valence-corrected chi connectivity index (χ0v) is 17.5. The minimum atomic E-state index is -0.624. The molecule has 6 heteroatoms. The van der Waals surface area contributed by atoms with Crippen LogP contribution >= 0.6 is 11.6 Å². The molecule has 0 aliphatic carbocycles. The van der Waals surface area contributed by atoms with E-state index in [1.165, 1.54) is 12.1 Å². The molecule has 0 radical (unpaired) electrons. The summed E-state index contributed by atoms with van der Waals surface area (Å²) in [6.45, 7) is 2.44. The Bertz CT molecular complexity index is 1160. The summed E-state index contributed by atoms with van der Waals surface area (Å²) in [5, 5.41) is 12.5. The molecule has 0 aliphatic rings. The SMILES string of the molecule is CCOc1ccc(/C=C(\C#N)C(=O)Nc2ccc(Cl)cc2C(=O)c2ccccc2)cc1. The van der Waals surface area contributed by atoms with Gasteiger partial charge in [-0.2, -0.15) is 5.26 Å². The van der Waals surface area contributed by atoms with E-state index in [1.807, 2.05) is 19.1 Å². The fraction of sp³-hybridized carbons (Fsp3) is 0.0800. The quantitative estimate of drug-likeness (QED) is 0.304. The molecule has 0 spiro atoms. The third kappa shape index (κ3) is 5.59. The average molecular weight is 431 g/mol. The number of hydrogen-bond acceptors (Lipinski definition) is 4. The molecule has 3 aromatic carbocycles. The van der Waals surface area contributed by atoms with Gasteiger partial charge in [-0.3, -0.25) is 9.59 Å². The van der Waals surface area contributed by atoms with Crippen LogP contribution in [0.1, 0.15) is 28.4 Å². The highest BCUT2D eigenvalue weighted by Gasteiger charge is 2.18. The van der Waals surface area contributed by atoms with Crippen LogP contribution < -0.4 is 10.1 Å². The summed E-state index contributed by atoms with van der Waals surface area (Å²) >= 11 is 6.08. The number of rotatable bonds is 7. The van der Waals surface area contributed by atoms with Crippen molar-refractivity contribution in [3.63, 3.8) is 0 Å². The van der Waals surface area contributed by atoms with Crippen molar-refractivity contribution in [2.24, 2.45) is 0 Å². The molecular weight excluding hydrogens is 412 g/mol. The Morgan fingerprint density at radius 2 is 1.77 bits per heavy atom. The van der Waals surface area contributed by atoms with E-state index >= 15 is 0 Å². The Morgan fingerprint density at radius 1 is 1.06 bits per heavy atom. The zero-order chi connectivity index (χ0) is 22.2. The molecule has 0 fully saturated rings. The molecule has 0 aliphatic heterocycles. The number of carbonyl (C=O) groups is 2. The van der Waals surface area contributed by atoms with E-state index < -0.39 is 5.91 Å². The van der Waals surface area contributed by atoms with Gasteiger partial charge in [-0.25, -0.2) is 0 Å². The monoisotopic (exact) mass is 430 g/mol. The highest BCUT2D eigenvalue weighted by Crippen LogP contribution is 2.24. The smallest absolute Gasteiger partial charge is 0.266 e. The maximum absolute atomic E-state index is 12.9. The van der Waals surface area contributed by atoms with Crippen LogP contribution in [0.3, 0.4) is 0 Å². The zero-order valence-electron chi connectivity index (χ0n) is 16.8. The minimum Gasteiger partial charge on any atom is -0.494 e. The lowest BCUT2D eigenvalue weighted by atomic mass is 10.0. The van der Waals surface area contributed by atoms with Gasteiger partial charge in [-0.05, 0) is 48.9 Å². The summed E-state index contributed by atoms with van der Waals surface area (Å²) in [7, 11) is 0. The number of hydrogen-bond donors (Lipinski definition) is 1. The van der Waals surface area contributed by atoms with Gasteiger partial charge in [0.1, 0.15) is 17.4 Å². The number of ether oxygens (including phenoxy) is 1. The van der Waals surface area contributed by atoms with Crippen LogP contribution in [-0.2, 0) is 4.79 Å². The lowest BCUT2D eigenvalue weighted by molar-refractivity contribution is -0.112. The largest absolute Gasteiger partial charge is 0.494 e. The first-order chi connectivity index (χ1) is 15.0. The number of amides is 1. The Hall–Kier alpha value is -3.88. The molecule has 5 nitrogen and oxygen atoms in total. The van der Waals surface area contributed by atoms with Crippen molar-refractivity contribution in [1.29, 1.82) is 5.26 Å². The number of anilines is 1. The Kier molecular flexibility index (Phi) is 7.21. The van der Waals surface area contributed by atoms with Crippen LogP contribution in [0.25, 0.3) is 6.08 Å². The van der Waals surface area contributed by atoms with Crippen LogP contribution in [0.15, 0.2) is 78.4 Å². The number of benzene rings is 3. The second kappa shape index (κ2) is 10.2. The molecule has 0 unspecified atom stereocenters. The molecule has 3 rings (SSSR count). The number of ketones is 1. The molecule has 0 saturated heterocycles. The van der Waals surface area contributed by atoms with E-state index in [1.54, 1.807) is 60.7 Å². The van der Waals surface area contributed by atoms with Gasteiger partial charge in [0.2, 0.25) is 0 Å². The summed E-state index contributed by atoms with van der Waals surface area (Å²) in [5.74, 6) is -0.207. The fourth-order valence-electron chi connectivity index (χ4n) is 2.89. The van der Waals surface area contributed by atoms with Crippen molar-refractivity contribution in [3.05, 3.63) is 100 Å². The molecule has 0 heterocycles. The lowest BCUT2D eigenvalue weighted by Crippen LogP contribution is -2.16. The minimum absolute atomic E-state index is 0.0998. The third-order valence-electron chi connectivity index (χ3n) is 4.38. The second-order valence-corrected chi connectivity index (χ2v) is 6.95. The van der Waals surface area contributed by atoms with Crippen LogP contribution in [0, 0.1) is 11.3 Å². The molecule has 3 aromatic rings. The maximum Gasteiger partial charge on any atom is 0.266 e. The number of nitrogens with zero attached hydrogens (tertiary/aromatic N) is 1. The van der Waals surface area contributed by atoms with E-state index in [-0.39, 0.29) is 22.6 Å². The molecule has 154 valence electrons. The molecule has 0 bridgehead atoms. The number of nitriles is 1. The second-order valence-electron chi connectivity index (χ2n) is 6.51. The van der Waals surface area contributed by atoms with Gasteiger partial charge in [0, 0.05) is 16.1 Å². The molecule has 0 atom stereocenters. The predicted molar refractivity (Wildman–Crippen MR) is 121 cm³/mol. The third-order valence-corrected chi connectivity index (χ3v) is 4.61. The number of halogens is 1. The van der Waals surface area contributed by atoms with Crippen LogP contribution in [-0.4, -0.2) is 18.3 Å². The summed E-state index contributed by atoms with van der Waals surface area (Å²) in [6, 6.07) is 22.2. The summed E-state index contributed by atoms with van der Waals surface area (Å²) < 4.78 is 5.39. The average Bonchev–Trinajstić information content (AvgIpc) is 2.80. The first-order valence-electron chi connectivity index (χ1n) is 9.57. The maximum atomic E-state index is 12.9. The van der Waals surface area contributed by atoms with Gasteiger partial charge in [-0.15, -0.1) is 0 Å². The van der Waals surface area contributed by atoms with Crippen LogP contribution in [0.2, 0.25) is 5.02 Å². The first-order valence-corrected chi connectivity index (χ1v) is 9.95. The van der Waals surface area contributed by atoms with Crippen molar-refractivity contribution in [2.45, 2.75) is 6.92 Å². The molecular formula is C25H19ClN2O3. The Morgan fingerprint density at radius 3 is 2.42 bits per heavy atom. The van der Waals surface area contributed by atoms with Crippen molar-refractivity contribution in [3.8, 4) is 11.8 Å². The van der Waals surface area contributed by atoms with Gasteiger partial charge in [0.05, 0.1) is 12.3 Å². The Balaban J connectivity index is 1.86. The van der Waals surface area contributed by atoms with Gasteiger partial charge in [0.25, 0.3) is 5.91 Å². The summed E-state index contributed by atoms with van der Waals surface area (Å²) in [4.78, 5) is 25.7. The van der Waals surface area contributed by atoms with Crippen molar-refractivity contribution in [1.82, 2.24) is 0 Å². The molecule has 0 aromatic heterocycles. The van der Waals surface area contributed by atoms with Crippen LogP contribution in [0.4, 0.5) is 5.69 Å². The van der Waals surface area contributed by atoms with Crippen molar-refractivity contribution >= 4 is 35.1 Å². The number of nitrogens with one attached hydrogen (secondary N) is 1. The lowest BCUT2D eigenvalue weighted by Gasteiger charge is -2.11. The molecule has 31 heavy (non-hydrogen) atoms. The Labute approximate surface area is 185 Å². The highest BCUT2D eigenvalue weighted by atomic mass is 35.5. The van der Waals surface area contributed by atoms with Gasteiger partial charge >= 0.3 is 0 Å². The van der Waals surface area contributed by atoms with Gasteiger partial charge < -0.3 is 10.1 Å². The molecule has 0 saturated carbocycles. The normalized spacial score (nSPS) is 10.8. The van der Waals surface area contributed by atoms with Crippen LogP contribution in [0.5, 0.6) is 5.75 Å². The van der Waals surface area contributed by atoms with E-state index in [2.05, 4.69) is 5.32 Å². The van der Waals surface area contributed by atoms with Gasteiger partial charge in [0.15, 0.2) is 5.78 Å². The fourth-order valence-corrected chi connectivity index (χ4v) is 3.06. The van der Waals surface area contributed by atoms with Crippen molar-refractivity contribution in [2.75, 3.05) is 11.9 Å². The van der Waals surface area contributed by atoms with E-state index in [4.69, 9.17) is 16.3 Å². The highest BCUT2D eigenvalue weighted by molar-refractivity contribution is 6.31. The predicted octanol–water partition coefficient (Wildman–Crippen LogP) is 5.52. The van der Waals surface area contributed by atoms with E-state index in [0.717, 1.165) is 0 Å². The standard InChI is InChI=1S/C25H19ClN2O3/c1-2-31-21-11-8-17(9-12-21)14-19(16-27)25(30)28-23-13-10-20(26)15-22(23)24(29)18-6-4-3-5-7-18/h3-15H,2H2,1H3,(H,28,30)/b19-14+. The van der Waals surface area contributed by atoms with E-state index in [9.17, 15) is 14.9 Å². The summed E-state index contributed by atoms with van der Waals surface area (Å²) in [6.07, 6.45) is 1.47.